The molecule has 2 amide bonds. The van der Waals surface area contributed by atoms with Crippen molar-refractivity contribution < 1.29 is 19.2 Å². The SMILES string of the molecule is CCOC(=O)Nc1nc(-c2ccccc2)c(NC(=O)c2ccccc2[N+](=O)[O-])s1. The van der Waals surface area contributed by atoms with Gasteiger partial charge in [0.15, 0.2) is 5.13 Å². The van der Waals surface area contributed by atoms with Crippen LogP contribution < -0.4 is 10.6 Å². The van der Waals surface area contributed by atoms with Crippen LogP contribution in [-0.2, 0) is 4.74 Å². The van der Waals surface area contributed by atoms with E-state index in [9.17, 15) is 19.7 Å². The van der Waals surface area contributed by atoms with Gasteiger partial charge in [-0.25, -0.2) is 9.78 Å². The molecule has 0 aliphatic carbocycles. The van der Waals surface area contributed by atoms with E-state index in [1.54, 1.807) is 37.3 Å². The van der Waals surface area contributed by atoms with Crippen molar-refractivity contribution in [2.45, 2.75) is 6.92 Å². The lowest BCUT2D eigenvalue weighted by molar-refractivity contribution is -0.385. The van der Waals surface area contributed by atoms with Gasteiger partial charge in [-0.2, -0.15) is 0 Å². The molecule has 0 saturated carbocycles. The van der Waals surface area contributed by atoms with Crippen molar-refractivity contribution in [2.24, 2.45) is 0 Å². The van der Waals surface area contributed by atoms with Crippen LogP contribution in [0.25, 0.3) is 11.3 Å². The molecule has 0 aliphatic heterocycles. The highest BCUT2D eigenvalue weighted by Crippen LogP contribution is 2.36. The number of ether oxygens (including phenoxy) is 1. The molecule has 0 unspecified atom stereocenters. The number of para-hydroxylation sites is 1. The molecule has 3 rings (SSSR count). The molecule has 0 aliphatic rings. The Kier molecular flexibility index (Phi) is 6.15. The molecule has 9 nitrogen and oxygen atoms in total. The van der Waals surface area contributed by atoms with E-state index in [0.717, 1.165) is 11.3 Å². The zero-order valence-electron chi connectivity index (χ0n) is 15.2. The van der Waals surface area contributed by atoms with Gasteiger partial charge in [-0.1, -0.05) is 53.8 Å². The Bertz CT molecular complexity index is 1050. The van der Waals surface area contributed by atoms with Gasteiger partial charge in [0.1, 0.15) is 16.3 Å². The smallest absolute Gasteiger partial charge is 0.413 e. The molecule has 3 aromatic rings. The molecule has 0 spiro atoms. The Morgan fingerprint density at radius 3 is 2.48 bits per heavy atom. The minimum absolute atomic E-state index is 0.0789. The van der Waals surface area contributed by atoms with Gasteiger partial charge in [0, 0.05) is 11.6 Å². The number of nitro benzene ring substituents is 1. The topological polar surface area (TPSA) is 123 Å². The van der Waals surface area contributed by atoms with E-state index in [1.807, 2.05) is 6.07 Å². The molecule has 0 fully saturated rings. The van der Waals surface area contributed by atoms with Gasteiger partial charge >= 0.3 is 6.09 Å². The minimum Gasteiger partial charge on any atom is -0.450 e. The molecule has 0 atom stereocenters. The van der Waals surface area contributed by atoms with Crippen LogP contribution in [0.15, 0.2) is 54.6 Å². The number of benzene rings is 2. The number of rotatable bonds is 6. The number of nitrogens with zero attached hydrogens (tertiary/aromatic N) is 2. The molecule has 10 heteroatoms. The second kappa shape index (κ2) is 8.93. The zero-order chi connectivity index (χ0) is 20.8. The lowest BCUT2D eigenvalue weighted by atomic mass is 10.1. The fraction of sp³-hybridized carbons (Fsp3) is 0.105. The number of hydrogen-bond acceptors (Lipinski definition) is 7. The third-order valence-electron chi connectivity index (χ3n) is 3.73. The van der Waals surface area contributed by atoms with Gasteiger partial charge in [-0.05, 0) is 13.0 Å². The summed E-state index contributed by atoms with van der Waals surface area (Å²) in [6.45, 7) is 1.87. The van der Waals surface area contributed by atoms with Crippen LogP contribution in [0.4, 0.5) is 20.6 Å². The number of carbonyl (C=O) groups excluding carboxylic acids is 2. The minimum atomic E-state index is -0.669. The standard InChI is InChI=1S/C19H16N4O5S/c1-2-28-19(25)22-18-20-15(12-8-4-3-5-9-12)17(29-18)21-16(24)13-10-6-7-11-14(13)23(26)27/h3-11H,2H2,1H3,(H,21,24)(H,20,22,25). The lowest BCUT2D eigenvalue weighted by Gasteiger charge is -2.06. The van der Waals surface area contributed by atoms with Crippen molar-refractivity contribution in [1.29, 1.82) is 0 Å². The van der Waals surface area contributed by atoms with Crippen molar-refractivity contribution in [2.75, 3.05) is 17.2 Å². The fourth-order valence-corrected chi connectivity index (χ4v) is 3.37. The molecule has 2 N–H and O–H groups in total. The largest absolute Gasteiger partial charge is 0.450 e. The molecule has 0 bridgehead atoms. The van der Waals surface area contributed by atoms with E-state index in [2.05, 4.69) is 15.6 Å². The maximum Gasteiger partial charge on any atom is 0.413 e. The predicted octanol–water partition coefficient (Wildman–Crippen LogP) is 4.54. The predicted molar refractivity (Wildman–Crippen MR) is 109 cm³/mol. The van der Waals surface area contributed by atoms with Gasteiger partial charge in [-0.3, -0.25) is 20.2 Å². The van der Waals surface area contributed by atoms with Crippen LogP contribution in [0.1, 0.15) is 17.3 Å². The number of anilines is 2. The summed E-state index contributed by atoms with van der Waals surface area (Å²) in [5.41, 5.74) is 0.748. The Hall–Kier alpha value is -3.79. The van der Waals surface area contributed by atoms with Crippen LogP contribution >= 0.6 is 11.3 Å². The van der Waals surface area contributed by atoms with Crippen molar-refractivity contribution >= 4 is 39.2 Å². The Morgan fingerprint density at radius 1 is 1.10 bits per heavy atom. The summed E-state index contributed by atoms with van der Waals surface area (Å²) in [7, 11) is 0. The maximum absolute atomic E-state index is 12.7. The molecular weight excluding hydrogens is 396 g/mol. The first-order valence-electron chi connectivity index (χ1n) is 8.54. The van der Waals surface area contributed by atoms with Crippen molar-refractivity contribution in [3.8, 4) is 11.3 Å². The van der Waals surface area contributed by atoms with Crippen LogP contribution in [0.2, 0.25) is 0 Å². The third kappa shape index (κ3) is 4.74. The quantitative estimate of drug-likeness (QED) is 0.452. The molecule has 0 saturated heterocycles. The Morgan fingerprint density at radius 2 is 1.79 bits per heavy atom. The van der Waals surface area contributed by atoms with Gasteiger partial charge in [-0.15, -0.1) is 0 Å². The molecular formula is C19H16N4O5S. The number of hydrogen-bond donors (Lipinski definition) is 2. The molecule has 1 aromatic heterocycles. The van der Waals surface area contributed by atoms with Gasteiger partial charge < -0.3 is 10.1 Å². The molecule has 29 heavy (non-hydrogen) atoms. The van der Waals surface area contributed by atoms with Crippen LogP contribution in [-0.4, -0.2) is 28.5 Å². The number of nitrogens with one attached hydrogen (secondary N) is 2. The first-order chi connectivity index (χ1) is 14.0. The van der Waals surface area contributed by atoms with E-state index in [-0.39, 0.29) is 23.0 Å². The van der Waals surface area contributed by atoms with Gasteiger partial charge in [0.05, 0.1) is 11.5 Å². The number of carbonyl (C=O) groups is 2. The van der Waals surface area contributed by atoms with E-state index in [0.29, 0.717) is 16.3 Å². The summed E-state index contributed by atoms with van der Waals surface area (Å²) in [5.74, 6) is -0.652. The molecule has 1 heterocycles. The Balaban J connectivity index is 1.95. The number of nitro groups is 1. The number of aromatic nitrogens is 1. The summed E-state index contributed by atoms with van der Waals surface area (Å²) in [6.07, 6.45) is -0.669. The summed E-state index contributed by atoms with van der Waals surface area (Å²) >= 11 is 1.02. The summed E-state index contributed by atoms with van der Waals surface area (Å²) < 4.78 is 4.85. The lowest BCUT2D eigenvalue weighted by Crippen LogP contribution is -2.13. The summed E-state index contributed by atoms with van der Waals surface area (Å²) in [4.78, 5) is 39.4. The third-order valence-corrected chi connectivity index (χ3v) is 4.62. The van der Waals surface area contributed by atoms with Crippen molar-refractivity contribution in [3.63, 3.8) is 0 Å². The summed E-state index contributed by atoms with van der Waals surface area (Å²) in [5, 5.41) is 16.9. The maximum atomic E-state index is 12.7. The van der Waals surface area contributed by atoms with Crippen molar-refractivity contribution in [1.82, 2.24) is 4.98 Å². The van der Waals surface area contributed by atoms with E-state index >= 15 is 0 Å². The average molecular weight is 412 g/mol. The van der Waals surface area contributed by atoms with E-state index in [4.69, 9.17) is 4.74 Å². The highest BCUT2D eigenvalue weighted by molar-refractivity contribution is 7.20. The fourth-order valence-electron chi connectivity index (χ4n) is 2.50. The van der Waals surface area contributed by atoms with Crippen molar-refractivity contribution in [3.05, 3.63) is 70.3 Å². The molecule has 0 radical (unpaired) electrons. The summed E-state index contributed by atoms with van der Waals surface area (Å²) in [6, 6.07) is 14.7. The Labute approximate surface area is 169 Å². The molecule has 148 valence electrons. The second-order valence-corrected chi connectivity index (χ2v) is 6.64. The normalized spacial score (nSPS) is 10.2. The van der Waals surface area contributed by atoms with Gasteiger partial charge in [0.2, 0.25) is 0 Å². The zero-order valence-corrected chi connectivity index (χ0v) is 16.1. The average Bonchev–Trinajstić information content (AvgIpc) is 3.10. The van der Waals surface area contributed by atoms with Crippen LogP contribution in [0.3, 0.4) is 0 Å². The number of amides is 2. The van der Waals surface area contributed by atoms with Gasteiger partial charge in [0.25, 0.3) is 11.6 Å². The highest BCUT2D eigenvalue weighted by atomic mass is 32.1. The second-order valence-electron chi connectivity index (χ2n) is 5.64. The molecule has 2 aromatic carbocycles. The first-order valence-corrected chi connectivity index (χ1v) is 9.36. The highest BCUT2D eigenvalue weighted by Gasteiger charge is 2.22. The monoisotopic (exact) mass is 412 g/mol. The van der Waals surface area contributed by atoms with E-state index < -0.39 is 16.9 Å². The van der Waals surface area contributed by atoms with E-state index in [1.165, 1.54) is 18.2 Å². The number of thiazole rings is 1. The van der Waals surface area contributed by atoms with Crippen LogP contribution in [0, 0.1) is 10.1 Å². The first kappa shape index (κ1) is 20.0. The van der Waals surface area contributed by atoms with Crippen LogP contribution in [0.5, 0.6) is 0 Å².